The number of likely N-dealkylation sites (tertiary alicyclic amines) is 1. The third-order valence-corrected chi connectivity index (χ3v) is 4.01. The van der Waals surface area contributed by atoms with Gasteiger partial charge < -0.3 is 10.6 Å². The summed E-state index contributed by atoms with van der Waals surface area (Å²) < 4.78 is 0. The lowest BCUT2D eigenvalue weighted by molar-refractivity contribution is -0.937. The van der Waals surface area contributed by atoms with Gasteiger partial charge in [-0.3, -0.25) is 0 Å². The Balaban J connectivity index is 2.11. The fraction of sp³-hybridized carbons (Fsp3) is 0.600. The molecule has 0 saturated carbocycles. The first-order chi connectivity index (χ1) is 8.31. The second-order valence-electron chi connectivity index (χ2n) is 5.32. The van der Waals surface area contributed by atoms with Crippen LogP contribution in [-0.4, -0.2) is 19.6 Å². The summed E-state index contributed by atoms with van der Waals surface area (Å²) in [5.74, 6) is 0. The van der Waals surface area contributed by atoms with Crippen LogP contribution in [0.25, 0.3) is 0 Å². The van der Waals surface area contributed by atoms with Gasteiger partial charge in [0.25, 0.3) is 0 Å². The maximum Gasteiger partial charge on any atom is 0.162 e. The molecule has 2 rings (SSSR count). The van der Waals surface area contributed by atoms with E-state index in [2.05, 4.69) is 36.9 Å². The molecule has 0 aliphatic carbocycles. The Hall–Kier alpha value is -0.860. The Morgan fingerprint density at radius 1 is 1.06 bits per heavy atom. The second-order valence-corrected chi connectivity index (χ2v) is 5.32. The summed E-state index contributed by atoms with van der Waals surface area (Å²) in [6.45, 7) is 5.82. The molecule has 1 aliphatic heterocycles. The van der Waals surface area contributed by atoms with Gasteiger partial charge in [0.05, 0.1) is 13.1 Å². The molecule has 1 aromatic carbocycles. The summed E-state index contributed by atoms with van der Waals surface area (Å²) in [7, 11) is 0. The quantitative estimate of drug-likeness (QED) is 0.773. The molecule has 2 heteroatoms. The smallest absolute Gasteiger partial charge is 0.162 e. The molecule has 0 spiro atoms. The van der Waals surface area contributed by atoms with Crippen molar-refractivity contribution in [1.82, 2.24) is 0 Å². The van der Waals surface area contributed by atoms with Crippen LogP contribution >= 0.6 is 0 Å². The largest absolute Gasteiger partial charge is 0.352 e. The Labute approximate surface area is 105 Å². The summed E-state index contributed by atoms with van der Waals surface area (Å²) in [5.41, 5.74) is 6.99. The van der Waals surface area contributed by atoms with E-state index < -0.39 is 0 Å². The van der Waals surface area contributed by atoms with Crippen LogP contribution in [0.2, 0.25) is 0 Å². The molecule has 0 unspecified atom stereocenters. The number of rotatable bonds is 3. The molecule has 17 heavy (non-hydrogen) atoms. The molecule has 2 nitrogen and oxygen atoms in total. The van der Waals surface area contributed by atoms with Crippen LogP contribution in [0.15, 0.2) is 24.3 Å². The van der Waals surface area contributed by atoms with E-state index in [1.165, 1.54) is 49.9 Å². The molecular weight excluding hydrogens is 208 g/mol. The molecule has 1 fully saturated rings. The number of benzene rings is 1. The summed E-state index contributed by atoms with van der Waals surface area (Å²) in [6, 6.07) is 9.66. The molecule has 0 amide bonds. The number of nitrogens with one attached hydrogen (secondary N) is 1. The lowest BCUT2D eigenvalue weighted by Gasteiger charge is -2.25. The second kappa shape index (κ2) is 6.18. The third kappa shape index (κ3) is 3.30. The summed E-state index contributed by atoms with van der Waals surface area (Å²) >= 11 is 0. The highest BCUT2D eigenvalue weighted by molar-refractivity contribution is 5.22. The van der Waals surface area contributed by atoms with Crippen LogP contribution in [0.3, 0.4) is 0 Å². The highest BCUT2D eigenvalue weighted by atomic mass is 15.2. The van der Waals surface area contributed by atoms with E-state index >= 15 is 0 Å². The standard InChI is InChI=1S/C15H24N2/c1-13-6-8-14(9-7-13)15(12-16)17-10-4-2-3-5-11-17/h6-9,15H,2-5,10-12,16H2,1H3/p+2/t15-/m1/s1. The number of aryl methyl sites for hydroxylation is 1. The molecule has 94 valence electrons. The monoisotopic (exact) mass is 234 g/mol. The first-order valence-corrected chi connectivity index (χ1v) is 7.01. The fourth-order valence-electron chi connectivity index (χ4n) is 2.94. The number of quaternary nitrogens is 2. The van der Waals surface area contributed by atoms with Gasteiger partial charge in [-0.2, -0.15) is 0 Å². The zero-order chi connectivity index (χ0) is 12.1. The van der Waals surface area contributed by atoms with Crippen LogP contribution in [0.4, 0.5) is 0 Å². The molecule has 1 heterocycles. The highest BCUT2D eigenvalue weighted by Crippen LogP contribution is 2.11. The lowest BCUT2D eigenvalue weighted by atomic mass is 10.0. The predicted molar refractivity (Wildman–Crippen MR) is 70.8 cm³/mol. The number of hydrogen-bond acceptors (Lipinski definition) is 0. The van der Waals surface area contributed by atoms with Crippen molar-refractivity contribution in [2.75, 3.05) is 19.6 Å². The molecule has 1 aliphatic rings. The van der Waals surface area contributed by atoms with Gasteiger partial charge >= 0.3 is 0 Å². The van der Waals surface area contributed by atoms with Gasteiger partial charge in [0.15, 0.2) is 6.04 Å². The van der Waals surface area contributed by atoms with E-state index in [9.17, 15) is 0 Å². The minimum atomic E-state index is 0.605. The molecule has 4 N–H and O–H groups in total. The topological polar surface area (TPSA) is 32.1 Å². The molecule has 1 atom stereocenters. The van der Waals surface area contributed by atoms with Gasteiger partial charge in [0.1, 0.15) is 6.54 Å². The van der Waals surface area contributed by atoms with E-state index in [0.717, 1.165) is 6.54 Å². The van der Waals surface area contributed by atoms with Crippen LogP contribution in [0.5, 0.6) is 0 Å². The number of hydrogen-bond donors (Lipinski definition) is 2. The first-order valence-electron chi connectivity index (χ1n) is 7.01. The van der Waals surface area contributed by atoms with Crippen LogP contribution in [-0.2, 0) is 0 Å². The van der Waals surface area contributed by atoms with Crippen molar-refractivity contribution in [3.8, 4) is 0 Å². The Morgan fingerprint density at radius 3 is 2.18 bits per heavy atom. The molecule has 0 radical (unpaired) electrons. The van der Waals surface area contributed by atoms with Crippen molar-refractivity contribution in [1.29, 1.82) is 0 Å². The maximum atomic E-state index is 4.17. The van der Waals surface area contributed by atoms with Crippen molar-refractivity contribution in [3.05, 3.63) is 35.4 Å². The normalized spacial score (nSPS) is 19.9. The minimum Gasteiger partial charge on any atom is -0.352 e. The minimum absolute atomic E-state index is 0.605. The van der Waals surface area contributed by atoms with Gasteiger partial charge in [-0.1, -0.05) is 29.8 Å². The summed E-state index contributed by atoms with van der Waals surface area (Å²) in [4.78, 5) is 1.75. The van der Waals surface area contributed by atoms with Crippen molar-refractivity contribution >= 4 is 0 Å². The average Bonchev–Trinajstić information content (AvgIpc) is 2.62. The zero-order valence-electron chi connectivity index (χ0n) is 11.0. The molecule has 1 aromatic rings. The van der Waals surface area contributed by atoms with Crippen molar-refractivity contribution in [3.63, 3.8) is 0 Å². The molecule has 0 aromatic heterocycles. The molecule has 0 bridgehead atoms. The molecular formula is C15H26N2+2. The van der Waals surface area contributed by atoms with Crippen molar-refractivity contribution in [2.45, 2.75) is 38.6 Å². The Bertz CT molecular complexity index is 323. The first kappa shape index (κ1) is 12.6. The van der Waals surface area contributed by atoms with Gasteiger partial charge in [-0.15, -0.1) is 0 Å². The summed E-state index contributed by atoms with van der Waals surface area (Å²) in [6.07, 6.45) is 5.61. The van der Waals surface area contributed by atoms with E-state index in [1.54, 1.807) is 4.90 Å². The Morgan fingerprint density at radius 2 is 1.65 bits per heavy atom. The SMILES string of the molecule is Cc1ccc([C@@H](C[NH3+])[NH+]2CCCCCC2)cc1. The van der Waals surface area contributed by atoms with E-state index in [0.29, 0.717) is 6.04 Å². The molecule has 1 saturated heterocycles. The van der Waals surface area contributed by atoms with Gasteiger partial charge in [0.2, 0.25) is 0 Å². The van der Waals surface area contributed by atoms with Crippen LogP contribution in [0.1, 0.15) is 42.9 Å². The van der Waals surface area contributed by atoms with Crippen molar-refractivity contribution < 1.29 is 10.6 Å². The van der Waals surface area contributed by atoms with Crippen molar-refractivity contribution in [2.24, 2.45) is 0 Å². The zero-order valence-corrected chi connectivity index (χ0v) is 11.0. The predicted octanol–water partition coefficient (Wildman–Crippen LogP) is 0.737. The van der Waals surface area contributed by atoms with Crippen LogP contribution in [0, 0.1) is 6.92 Å². The van der Waals surface area contributed by atoms with Crippen LogP contribution < -0.4 is 10.6 Å². The summed E-state index contributed by atoms with van der Waals surface area (Å²) in [5, 5.41) is 0. The van der Waals surface area contributed by atoms with Gasteiger partial charge in [-0.05, 0) is 32.6 Å². The fourth-order valence-corrected chi connectivity index (χ4v) is 2.94. The third-order valence-electron chi connectivity index (χ3n) is 4.01. The van der Waals surface area contributed by atoms with E-state index in [1.807, 2.05) is 0 Å². The van der Waals surface area contributed by atoms with E-state index in [4.69, 9.17) is 0 Å². The van der Waals surface area contributed by atoms with Gasteiger partial charge in [0, 0.05) is 5.56 Å². The Kier molecular flexibility index (Phi) is 4.57. The lowest BCUT2D eigenvalue weighted by Crippen LogP contribution is -3.13. The van der Waals surface area contributed by atoms with Gasteiger partial charge in [-0.25, -0.2) is 0 Å². The highest BCUT2D eigenvalue weighted by Gasteiger charge is 2.25. The average molecular weight is 234 g/mol. The van der Waals surface area contributed by atoms with E-state index in [-0.39, 0.29) is 0 Å². The maximum absolute atomic E-state index is 4.17.